The normalized spacial score (nSPS) is 11.9. The first-order valence-electron chi connectivity index (χ1n) is 23.4. The molecule has 0 saturated carbocycles. The lowest BCUT2D eigenvalue weighted by molar-refractivity contribution is 0.397. The summed E-state index contributed by atoms with van der Waals surface area (Å²) in [6, 6.07) is 0. The Balaban J connectivity index is 3.14. The lowest BCUT2D eigenvalue weighted by Crippen LogP contribution is -1.84. The Kier molecular flexibility index (Phi) is 46.6. The van der Waals surface area contributed by atoms with Crippen LogP contribution < -0.4 is 0 Å². The highest BCUT2D eigenvalue weighted by Crippen LogP contribution is 2.17. The van der Waals surface area contributed by atoms with Crippen LogP contribution in [0.25, 0.3) is 0 Å². The van der Waals surface area contributed by atoms with E-state index in [1.54, 1.807) is 0 Å². The third-order valence-electron chi connectivity index (χ3n) is 10.8. The van der Waals surface area contributed by atoms with E-state index in [4.69, 9.17) is 4.74 Å². The van der Waals surface area contributed by atoms with Crippen LogP contribution in [-0.2, 0) is 4.74 Å². The van der Waals surface area contributed by atoms with E-state index in [1.807, 2.05) is 12.5 Å². The van der Waals surface area contributed by atoms with Crippen LogP contribution >= 0.6 is 0 Å². The van der Waals surface area contributed by atoms with Gasteiger partial charge in [-0.05, 0) is 37.8 Å². The molecule has 0 heterocycles. The van der Waals surface area contributed by atoms with Crippen LogP contribution in [0.5, 0.6) is 0 Å². The summed E-state index contributed by atoms with van der Waals surface area (Å²) < 4.78 is 5.56. The lowest BCUT2D eigenvalue weighted by atomic mass is 10.0. The number of unbranched alkanes of at least 4 members (excludes halogenated alkanes) is 40. The van der Waals surface area contributed by atoms with Gasteiger partial charge in [-0.1, -0.05) is 258 Å². The Morgan fingerprint density at radius 3 is 0.571 bits per heavy atom. The molecule has 0 aromatic rings. The van der Waals surface area contributed by atoms with E-state index in [1.165, 1.54) is 257 Å². The summed E-state index contributed by atoms with van der Waals surface area (Å²) in [5, 5.41) is 0. The zero-order chi connectivity index (χ0) is 35.2. The molecule has 0 unspecified atom stereocenters. The van der Waals surface area contributed by atoms with Crippen LogP contribution in [-0.4, -0.2) is 0 Å². The molecule has 0 amide bonds. The van der Waals surface area contributed by atoms with E-state index < -0.39 is 0 Å². The fourth-order valence-electron chi connectivity index (χ4n) is 7.33. The summed E-state index contributed by atoms with van der Waals surface area (Å²) in [5.41, 5.74) is 0. The SMILES string of the molecule is CCCCCCCCCCCCCCCCCCCCCCC=COC=CCCCCCCCCCCCCCCCCCCCCCC. The molecule has 1 nitrogen and oxygen atoms in total. The number of hydrogen-bond donors (Lipinski definition) is 0. The van der Waals surface area contributed by atoms with Gasteiger partial charge in [-0.25, -0.2) is 0 Å². The molecule has 0 aliphatic heterocycles. The third kappa shape index (κ3) is 47.3. The molecule has 0 N–H and O–H groups in total. The second-order valence-electron chi connectivity index (χ2n) is 15.9. The maximum absolute atomic E-state index is 5.56. The second-order valence-corrected chi connectivity index (χ2v) is 15.9. The van der Waals surface area contributed by atoms with Gasteiger partial charge in [0.25, 0.3) is 0 Å². The Hall–Kier alpha value is -0.720. The standard InChI is InChI=1S/C48H94O/c1-3-5-7-9-11-13-15-17-19-21-23-25-27-29-31-33-35-37-39-41-43-45-47-49-48-46-44-42-40-38-36-34-32-30-28-26-24-22-20-18-16-14-12-10-8-6-4-2/h45-48H,3-44H2,1-2H3. The molecule has 0 aliphatic carbocycles. The van der Waals surface area contributed by atoms with Gasteiger partial charge in [-0.15, -0.1) is 0 Å². The Bertz CT molecular complexity index is 554. The molecule has 0 bridgehead atoms. The molecular formula is C48H94O. The molecule has 292 valence electrons. The van der Waals surface area contributed by atoms with Crippen LogP contribution in [0.3, 0.4) is 0 Å². The van der Waals surface area contributed by atoms with E-state index >= 15 is 0 Å². The van der Waals surface area contributed by atoms with Gasteiger partial charge in [-0.3, -0.25) is 0 Å². The average Bonchev–Trinajstić information content (AvgIpc) is 3.11. The van der Waals surface area contributed by atoms with E-state index in [-0.39, 0.29) is 0 Å². The summed E-state index contributed by atoms with van der Waals surface area (Å²) in [4.78, 5) is 0. The van der Waals surface area contributed by atoms with Gasteiger partial charge in [0.2, 0.25) is 0 Å². The van der Waals surface area contributed by atoms with Crippen LogP contribution in [0.2, 0.25) is 0 Å². The van der Waals surface area contributed by atoms with Gasteiger partial charge in [0.05, 0.1) is 12.5 Å². The van der Waals surface area contributed by atoms with Crippen molar-refractivity contribution < 1.29 is 4.74 Å². The van der Waals surface area contributed by atoms with Crippen molar-refractivity contribution in [1.82, 2.24) is 0 Å². The monoisotopic (exact) mass is 687 g/mol. The zero-order valence-electron chi connectivity index (χ0n) is 34.4. The molecule has 0 atom stereocenters. The van der Waals surface area contributed by atoms with Gasteiger partial charge in [-0.2, -0.15) is 0 Å². The molecule has 0 aliphatic rings. The van der Waals surface area contributed by atoms with Gasteiger partial charge in [0.15, 0.2) is 0 Å². The van der Waals surface area contributed by atoms with Gasteiger partial charge in [0, 0.05) is 0 Å². The van der Waals surface area contributed by atoms with Crippen molar-refractivity contribution in [2.75, 3.05) is 0 Å². The molecule has 0 fully saturated rings. The van der Waals surface area contributed by atoms with Crippen LogP contribution in [0.1, 0.15) is 284 Å². The summed E-state index contributed by atoms with van der Waals surface area (Å²) in [6.45, 7) is 4.61. The van der Waals surface area contributed by atoms with Crippen molar-refractivity contribution in [3.63, 3.8) is 0 Å². The number of ether oxygens (including phenoxy) is 1. The summed E-state index contributed by atoms with van der Waals surface area (Å²) in [6.07, 6.45) is 68.3. The Morgan fingerprint density at radius 1 is 0.224 bits per heavy atom. The second kappa shape index (κ2) is 47.3. The van der Waals surface area contributed by atoms with Crippen molar-refractivity contribution in [1.29, 1.82) is 0 Å². The highest BCUT2D eigenvalue weighted by atomic mass is 16.5. The largest absolute Gasteiger partial charge is 0.473 e. The summed E-state index contributed by atoms with van der Waals surface area (Å²) in [5.74, 6) is 0. The molecule has 0 spiro atoms. The fraction of sp³-hybridized carbons (Fsp3) is 0.917. The van der Waals surface area contributed by atoms with Gasteiger partial charge >= 0.3 is 0 Å². The van der Waals surface area contributed by atoms with Crippen LogP contribution in [0, 0.1) is 0 Å². The maximum atomic E-state index is 5.56. The maximum Gasteiger partial charge on any atom is 0.0861 e. The van der Waals surface area contributed by atoms with Crippen LogP contribution in [0.15, 0.2) is 24.7 Å². The predicted molar refractivity (Wildman–Crippen MR) is 225 cm³/mol. The Morgan fingerprint density at radius 2 is 0.388 bits per heavy atom. The van der Waals surface area contributed by atoms with Crippen molar-refractivity contribution >= 4 is 0 Å². The third-order valence-corrected chi connectivity index (χ3v) is 10.8. The lowest BCUT2D eigenvalue weighted by Gasteiger charge is -2.04. The summed E-state index contributed by atoms with van der Waals surface area (Å²) >= 11 is 0. The van der Waals surface area contributed by atoms with Crippen LogP contribution in [0.4, 0.5) is 0 Å². The number of allylic oxidation sites excluding steroid dienone is 2. The molecule has 1 heteroatoms. The van der Waals surface area contributed by atoms with E-state index in [2.05, 4.69) is 26.0 Å². The number of rotatable bonds is 44. The van der Waals surface area contributed by atoms with E-state index in [0.717, 1.165) is 12.8 Å². The van der Waals surface area contributed by atoms with E-state index in [0.29, 0.717) is 0 Å². The minimum atomic E-state index is 1.16. The minimum Gasteiger partial charge on any atom is -0.473 e. The van der Waals surface area contributed by atoms with Gasteiger partial charge in [0.1, 0.15) is 0 Å². The topological polar surface area (TPSA) is 9.23 Å². The Labute approximate surface area is 312 Å². The molecule has 0 saturated heterocycles. The highest BCUT2D eigenvalue weighted by Gasteiger charge is 1.97. The van der Waals surface area contributed by atoms with Crippen molar-refractivity contribution in [3.8, 4) is 0 Å². The first-order chi connectivity index (χ1) is 24.4. The molecule has 0 rings (SSSR count). The first-order valence-corrected chi connectivity index (χ1v) is 23.4. The quantitative estimate of drug-likeness (QED) is 0.0458. The molecule has 49 heavy (non-hydrogen) atoms. The molecule has 0 aromatic carbocycles. The first kappa shape index (κ1) is 48.3. The molecule has 0 aromatic heterocycles. The van der Waals surface area contributed by atoms with Crippen molar-refractivity contribution in [3.05, 3.63) is 24.7 Å². The fourth-order valence-corrected chi connectivity index (χ4v) is 7.33. The smallest absolute Gasteiger partial charge is 0.0861 e. The minimum absolute atomic E-state index is 1.16. The predicted octanol–water partition coefficient (Wildman–Crippen LogP) is 18.5. The molecular weight excluding hydrogens is 593 g/mol. The van der Waals surface area contributed by atoms with Crippen molar-refractivity contribution in [2.24, 2.45) is 0 Å². The number of hydrogen-bond acceptors (Lipinski definition) is 1. The van der Waals surface area contributed by atoms with Crippen molar-refractivity contribution in [2.45, 2.75) is 284 Å². The highest BCUT2D eigenvalue weighted by molar-refractivity contribution is 4.80. The zero-order valence-corrected chi connectivity index (χ0v) is 34.4. The average molecular weight is 687 g/mol. The van der Waals surface area contributed by atoms with Gasteiger partial charge < -0.3 is 4.74 Å². The summed E-state index contributed by atoms with van der Waals surface area (Å²) in [7, 11) is 0. The molecule has 0 radical (unpaired) electrons. The van der Waals surface area contributed by atoms with E-state index in [9.17, 15) is 0 Å².